The van der Waals surface area contributed by atoms with Crippen LogP contribution in [-0.4, -0.2) is 33.9 Å². The molecular formula is C19H22N2O5S. The standard InChI is InChI=1S/C19H22N2O5S/c1-12-7-13(2)19(14(3)8-12)21(27(4,23)24)10-18(22)20-15-5-6-16-17(9-15)26-11-25-16/h5-9H,10-11H2,1-4H3,(H,20,22). The van der Waals surface area contributed by atoms with Crippen molar-refractivity contribution in [2.45, 2.75) is 20.8 Å². The van der Waals surface area contributed by atoms with E-state index in [4.69, 9.17) is 9.47 Å². The van der Waals surface area contributed by atoms with Crippen molar-refractivity contribution in [3.05, 3.63) is 47.0 Å². The van der Waals surface area contributed by atoms with Gasteiger partial charge in [-0.05, 0) is 44.0 Å². The van der Waals surface area contributed by atoms with E-state index in [2.05, 4.69) is 5.32 Å². The molecule has 1 aliphatic heterocycles. The van der Waals surface area contributed by atoms with E-state index in [-0.39, 0.29) is 13.3 Å². The molecule has 2 aromatic carbocycles. The minimum Gasteiger partial charge on any atom is -0.454 e. The van der Waals surface area contributed by atoms with Crippen LogP contribution >= 0.6 is 0 Å². The summed E-state index contributed by atoms with van der Waals surface area (Å²) in [7, 11) is -3.64. The highest BCUT2D eigenvalue weighted by Gasteiger charge is 2.24. The first-order valence-corrected chi connectivity index (χ1v) is 10.2. The van der Waals surface area contributed by atoms with Gasteiger partial charge in [0.1, 0.15) is 6.54 Å². The summed E-state index contributed by atoms with van der Waals surface area (Å²) >= 11 is 0. The Morgan fingerprint density at radius 1 is 1.07 bits per heavy atom. The molecule has 0 radical (unpaired) electrons. The van der Waals surface area contributed by atoms with Crippen LogP contribution in [0.5, 0.6) is 11.5 Å². The second-order valence-electron chi connectivity index (χ2n) is 6.63. The molecule has 2 aromatic rings. The Kier molecular flexibility index (Phi) is 5.01. The summed E-state index contributed by atoms with van der Waals surface area (Å²) in [5, 5.41) is 2.71. The van der Waals surface area contributed by atoms with E-state index in [1.54, 1.807) is 18.2 Å². The van der Waals surface area contributed by atoms with Crippen LogP contribution in [0.25, 0.3) is 0 Å². The zero-order chi connectivity index (χ0) is 19.8. The van der Waals surface area contributed by atoms with E-state index in [1.165, 1.54) is 0 Å². The number of amides is 1. The summed E-state index contributed by atoms with van der Waals surface area (Å²) in [6, 6.07) is 8.82. The second-order valence-corrected chi connectivity index (χ2v) is 8.54. The molecular weight excluding hydrogens is 368 g/mol. The molecule has 0 fully saturated rings. The molecule has 1 heterocycles. The number of hydrogen-bond donors (Lipinski definition) is 1. The summed E-state index contributed by atoms with van der Waals surface area (Å²) in [5.74, 6) is 0.702. The van der Waals surface area contributed by atoms with Crippen molar-refractivity contribution >= 4 is 27.3 Å². The number of ether oxygens (including phenoxy) is 2. The molecule has 1 amide bonds. The fraction of sp³-hybridized carbons (Fsp3) is 0.316. The molecule has 0 saturated heterocycles. The van der Waals surface area contributed by atoms with Crippen LogP contribution in [0.1, 0.15) is 16.7 Å². The number of rotatable bonds is 5. The van der Waals surface area contributed by atoms with Crippen molar-refractivity contribution in [1.29, 1.82) is 0 Å². The van der Waals surface area contributed by atoms with Crippen LogP contribution in [-0.2, 0) is 14.8 Å². The van der Waals surface area contributed by atoms with E-state index in [0.717, 1.165) is 27.3 Å². The SMILES string of the molecule is Cc1cc(C)c(N(CC(=O)Nc2ccc3c(c2)OCO3)S(C)(=O)=O)c(C)c1. The highest BCUT2D eigenvalue weighted by atomic mass is 32.2. The van der Waals surface area contributed by atoms with Crippen LogP contribution in [0.3, 0.4) is 0 Å². The van der Waals surface area contributed by atoms with Gasteiger partial charge in [0.05, 0.1) is 11.9 Å². The van der Waals surface area contributed by atoms with Crippen molar-refractivity contribution in [2.24, 2.45) is 0 Å². The third kappa shape index (κ3) is 4.16. The Morgan fingerprint density at radius 2 is 1.70 bits per heavy atom. The predicted octanol–water partition coefficient (Wildman–Crippen LogP) is 2.75. The van der Waals surface area contributed by atoms with Crippen LogP contribution in [0.2, 0.25) is 0 Å². The fourth-order valence-electron chi connectivity index (χ4n) is 3.23. The Balaban J connectivity index is 1.84. The number of fused-ring (bicyclic) bond motifs is 1. The van der Waals surface area contributed by atoms with Crippen molar-refractivity contribution in [3.8, 4) is 11.5 Å². The maximum absolute atomic E-state index is 12.5. The lowest BCUT2D eigenvalue weighted by molar-refractivity contribution is -0.114. The summed E-state index contributed by atoms with van der Waals surface area (Å²) in [6.07, 6.45) is 1.10. The van der Waals surface area contributed by atoms with Crippen molar-refractivity contribution < 1.29 is 22.7 Å². The molecule has 1 N–H and O–H groups in total. The van der Waals surface area contributed by atoms with Gasteiger partial charge in [0.25, 0.3) is 0 Å². The molecule has 1 aliphatic rings. The second kappa shape index (κ2) is 7.11. The number of aryl methyl sites for hydroxylation is 3. The minimum atomic E-state index is -3.64. The number of hydrogen-bond acceptors (Lipinski definition) is 5. The maximum Gasteiger partial charge on any atom is 0.245 e. The maximum atomic E-state index is 12.5. The lowest BCUT2D eigenvalue weighted by Crippen LogP contribution is -2.38. The predicted molar refractivity (Wildman–Crippen MR) is 104 cm³/mol. The van der Waals surface area contributed by atoms with Crippen LogP contribution in [0.4, 0.5) is 11.4 Å². The third-order valence-corrected chi connectivity index (χ3v) is 5.34. The average Bonchev–Trinajstić information content (AvgIpc) is 2.99. The molecule has 27 heavy (non-hydrogen) atoms. The topological polar surface area (TPSA) is 84.9 Å². The van der Waals surface area contributed by atoms with Crippen LogP contribution < -0.4 is 19.1 Å². The number of nitrogens with zero attached hydrogens (tertiary/aromatic N) is 1. The summed E-state index contributed by atoms with van der Waals surface area (Å²) in [4.78, 5) is 12.5. The van der Waals surface area contributed by atoms with Gasteiger partial charge in [0.15, 0.2) is 11.5 Å². The quantitative estimate of drug-likeness (QED) is 0.849. The number of carbonyl (C=O) groups is 1. The van der Waals surface area contributed by atoms with Gasteiger partial charge >= 0.3 is 0 Å². The lowest BCUT2D eigenvalue weighted by Gasteiger charge is -2.26. The first-order chi connectivity index (χ1) is 12.6. The Hall–Kier alpha value is -2.74. The van der Waals surface area contributed by atoms with Gasteiger partial charge in [-0.25, -0.2) is 8.42 Å². The molecule has 0 aromatic heterocycles. The van der Waals surface area contributed by atoms with Crippen LogP contribution in [0.15, 0.2) is 30.3 Å². The molecule has 0 aliphatic carbocycles. The molecule has 0 spiro atoms. The number of nitrogens with one attached hydrogen (secondary N) is 1. The number of anilines is 2. The van der Waals surface area contributed by atoms with Gasteiger partial charge in [-0.3, -0.25) is 9.10 Å². The van der Waals surface area contributed by atoms with E-state index < -0.39 is 15.9 Å². The van der Waals surface area contributed by atoms with Gasteiger partial charge < -0.3 is 14.8 Å². The lowest BCUT2D eigenvalue weighted by atomic mass is 10.1. The highest BCUT2D eigenvalue weighted by molar-refractivity contribution is 7.92. The fourth-order valence-corrected chi connectivity index (χ4v) is 4.20. The molecule has 0 atom stereocenters. The number of benzene rings is 2. The first-order valence-electron chi connectivity index (χ1n) is 8.40. The van der Waals surface area contributed by atoms with Gasteiger partial charge in [-0.1, -0.05) is 17.7 Å². The Bertz CT molecular complexity index is 978. The number of sulfonamides is 1. The van der Waals surface area contributed by atoms with Gasteiger partial charge in [0.2, 0.25) is 22.7 Å². The summed E-state index contributed by atoms with van der Waals surface area (Å²) in [6.45, 7) is 5.44. The molecule has 144 valence electrons. The molecule has 7 nitrogen and oxygen atoms in total. The third-order valence-electron chi connectivity index (χ3n) is 4.23. The summed E-state index contributed by atoms with van der Waals surface area (Å²) < 4.78 is 36.4. The normalized spacial score (nSPS) is 12.7. The monoisotopic (exact) mass is 390 g/mol. The number of carbonyl (C=O) groups excluding carboxylic acids is 1. The minimum absolute atomic E-state index is 0.139. The molecule has 3 rings (SSSR count). The van der Waals surface area contributed by atoms with Crippen molar-refractivity contribution in [3.63, 3.8) is 0 Å². The highest BCUT2D eigenvalue weighted by Crippen LogP contribution is 2.34. The Labute approximate surface area is 158 Å². The van der Waals surface area contributed by atoms with E-state index in [0.29, 0.717) is 22.9 Å². The van der Waals surface area contributed by atoms with Crippen molar-refractivity contribution in [1.82, 2.24) is 0 Å². The Morgan fingerprint density at radius 3 is 2.33 bits per heavy atom. The van der Waals surface area contributed by atoms with E-state index in [9.17, 15) is 13.2 Å². The first kappa shape index (κ1) is 19.0. The van der Waals surface area contributed by atoms with E-state index >= 15 is 0 Å². The van der Waals surface area contributed by atoms with Gasteiger partial charge in [-0.15, -0.1) is 0 Å². The van der Waals surface area contributed by atoms with Gasteiger partial charge in [0, 0.05) is 11.8 Å². The molecule has 0 bridgehead atoms. The molecule has 8 heteroatoms. The average molecular weight is 390 g/mol. The summed E-state index contributed by atoms with van der Waals surface area (Å²) in [5.41, 5.74) is 3.67. The molecule has 0 unspecified atom stereocenters. The zero-order valence-corrected chi connectivity index (χ0v) is 16.5. The smallest absolute Gasteiger partial charge is 0.245 e. The largest absolute Gasteiger partial charge is 0.454 e. The van der Waals surface area contributed by atoms with E-state index in [1.807, 2.05) is 32.9 Å². The molecule has 0 saturated carbocycles. The van der Waals surface area contributed by atoms with Crippen molar-refractivity contribution in [2.75, 3.05) is 29.2 Å². The van der Waals surface area contributed by atoms with Gasteiger partial charge in [-0.2, -0.15) is 0 Å². The zero-order valence-electron chi connectivity index (χ0n) is 15.7. The van der Waals surface area contributed by atoms with Crippen LogP contribution in [0, 0.1) is 20.8 Å².